The molecule has 2 atom stereocenters. The first-order valence-electron chi connectivity index (χ1n) is 10.1. The molecule has 8 heteroatoms. The number of aromatic nitrogens is 2. The van der Waals surface area contributed by atoms with E-state index in [1.165, 1.54) is 7.11 Å². The number of nitrogens with one attached hydrogen (secondary N) is 1. The van der Waals surface area contributed by atoms with E-state index in [4.69, 9.17) is 17.0 Å². The maximum atomic E-state index is 11.6. The average Bonchev–Trinajstić information content (AvgIpc) is 3.39. The van der Waals surface area contributed by atoms with Crippen LogP contribution in [0.3, 0.4) is 0 Å². The minimum Gasteiger partial charge on any atom is -0.469 e. The molecule has 1 saturated heterocycles. The van der Waals surface area contributed by atoms with E-state index >= 15 is 0 Å². The molecule has 1 aliphatic heterocycles. The molecular weight excluding hydrogens is 476 g/mol. The standard InChI is InChI=1S/C23H23BrN4O2S/c1-30-20(29)8-5-15-28-22(21(26-23(28)31)18-6-2-3-13-25-18)19-7-4-14-27(19)17-11-9-16(24)10-12-17/h2-4,6-7,9-14,21-22H,5,8,15H2,1H3,(H,26,31). The molecule has 2 aromatic heterocycles. The van der Waals surface area contributed by atoms with Crippen LogP contribution in [0.25, 0.3) is 5.69 Å². The highest BCUT2D eigenvalue weighted by molar-refractivity contribution is 9.10. The van der Waals surface area contributed by atoms with Crippen LogP contribution in [0.1, 0.15) is 36.3 Å². The highest BCUT2D eigenvalue weighted by Gasteiger charge is 2.41. The fraction of sp³-hybridized carbons (Fsp3) is 0.261. The first kappa shape index (κ1) is 21.5. The van der Waals surface area contributed by atoms with Gasteiger partial charge in [0.2, 0.25) is 0 Å². The minimum absolute atomic E-state index is 0.0707. The zero-order valence-electron chi connectivity index (χ0n) is 17.1. The molecule has 31 heavy (non-hydrogen) atoms. The van der Waals surface area contributed by atoms with Crippen molar-refractivity contribution in [3.63, 3.8) is 0 Å². The predicted molar refractivity (Wildman–Crippen MR) is 127 cm³/mol. The van der Waals surface area contributed by atoms with E-state index in [1.54, 1.807) is 6.20 Å². The summed E-state index contributed by atoms with van der Waals surface area (Å²) in [4.78, 5) is 18.4. The second-order valence-corrected chi connectivity index (χ2v) is 8.58. The molecule has 0 aliphatic carbocycles. The molecule has 0 bridgehead atoms. The van der Waals surface area contributed by atoms with Gasteiger partial charge in [-0.05, 0) is 67.2 Å². The topological polar surface area (TPSA) is 59.4 Å². The normalized spacial score (nSPS) is 18.1. The summed E-state index contributed by atoms with van der Waals surface area (Å²) in [5.74, 6) is -0.214. The van der Waals surface area contributed by atoms with Gasteiger partial charge in [-0.2, -0.15) is 0 Å². The number of hydrogen-bond donors (Lipinski definition) is 1. The van der Waals surface area contributed by atoms with Crippen LogP contribution >= 0.6 is 28.1 Å². The van der Waals surface area contributed by atoms with Gasteiger partial charge < -0.3 is 19.5 Å². The lowest BCUT2D eigenvalue weighted by Gasteiger charge is -2.29. The second-order valence-electron chi connectivity index (χ2n) is 7.28. The molecule has 1 aliphatic rings. The molecule has 0 amide bonds. The number of nitrogens with zero attached hydrogens (tertiary/aromatic N) is 3. The fourth-order valence-corrected chi connectivity index (χ4v) is 4.53. The highest BCUT2D eigenvalue weighted by atomic mass is 79.9. The average molecular weight is 499 g/mol. The first-order valence-corrected chi connectivity index (χ1v) is 11.3. The molecule has 4 rings (SSSR count). The van der Waals surface area contributed by atoms with Gasteiger partial charge in [-0.15, -0.1) is 0 Å². The highest BCUT2D eigenvalue weighted by Crippen LogP contribution is 2.39. The van der Waals surface area contributed by atoms with Gasteiger partial charge in [0.15, 0.2) is 5.11 Å². The Morgan fingerprint density at radius 1 is 1.19 bits per heavy atom. The van der Waals surface area contributed by atoms with Crippen molar-refractivity contribution in [2.24, 2.45) is 0 Å². The van der Waals surface area contributed by atoms with E-state index in [9.17, 15) is 4.79 Å². The van der Waals surface area contributed by atoms with E-state index in [0.717, 1.165) is 21.5 Å². The Morgan fingerprint density at radius 2 is 2.00 bits per heavy atom. The monoisotopic (exact) mass is 498 g/mol. The molecule has 2 unspecified atom stereocenters. The van der Waals surface area contributed by atoms with Crippen LogP contribution < -0.4 is 5.32 Å². The number of pyridine rings is 1. The molecule has 1 fully saturated rings. The quantitative estimate of drug-likeness (QED) is 0.380. The van der Waals surface area contributed by atoms with Gasteiger partial charge >= 0.3 is 5.97 Å². The number of carbonyl (C=O) groups excluding carboxylic acids is 1. The van der Waals surface area contributed by atoms with Crippen LogP contribution in [0.15, 0.2) is 71.5 Å². The molecule has 3 heterocycles. The first-order chi connectivity index (χ1) is 15.1. The van der Waals surface area contributed by atoms with Crippen LogP contribution in [0.4, 0.5) is 0 Å². The van der Waals surface area contributed by atoms with Crippen molar-refractivity contribution >= 4 is 39.2 Å². The molecule has 0 radical (unpaired) electrons. The molecule has 160 valence electrons. The van der Waals surface area contributed by atoms with Crippen molar-refractivity contribution in [1.82, 2.24) is 19.8 Å². The summed E-state index contributed by atoms with van der Waals surface area (Å²) in [6, 6.07) is 18.1. The van der Waals surface area contributed by atoms with Gasteiger partial charge in [-0.1, -0.05) is 22.0 Å². The molecule has 6 nitrogen and oxygen atoms in total. The van der Waals surface area contributed by atoms with E-state index < -0.39 is 0 Å². The zero-order chi connectivity index (χ0) is 21.8. The number of halogens is 1. The number of methoxy groups -OCH3 is 1. The van der Waals surface area contributed by atoms with Crippen molar-refractivity contribution in [1.29, 1.82) is 0 Å². The summed E-state index contributed by atoms with van der Waals surface area (Å²) in [7, 11) is 1.41. The van der Waals surface area contributed by atoms with E-state index in [0.29, 0.717) is 24.5 Å². The maximum absolute atomic E-state index is 11.6. The Hall–Kier alpha value is -2.71. The van der Waals surface area contributed by atoms with E-state index in [-0.39, 0.29) is 18.1 Å². The van der Waals surface area contributed by atoms with Crippen molar-refractivity contribution in [3.8, 4) is 5.69 Å². The van der Waals surface area contributed by atoms with Crippen LogP contribution in [0, 0.1) is 0 Å². The smallest absolute Gasteiger partial charge is 0.305 e. The summed E-state index contributed by atoms with van der Waals surface area (Å²) < 4.78 is 8.00. The number of benzene rings is 1. The summed E-state index contributed by atoms with van der Waals surface area (Å²) in [6.45, 7) is 0.639. The van der Waals surface area contributed by atoms with E-state index in [1.807, 2.05) is 36.4 Å². The molecular formula is C23H23BrN4O2S. The largest absolute Gasteiger partial charge is 0.469 e. The Kier molecular flexibility index (Phi) is 6.67. The molecule has 3 aromatic rings. The lowest BCUT2D eigenvalue weighted by Crippen LogP contribution is -2.31. The van der Waals surface area contributed by atoms with Crippen LogP contribution in [-0.4, -0.2) is 39.2 Å². The molecule has 1 N–H and O–H groups in total. The Morgan fingerprint density at radius 3 is 2.71 bits per heavy atom. The molecule has 0 spiro atoms. The minimum atomic E-state index is -0.214. The number of carbonyl (C=O) groups is 1. The van der Waals surface area contributed by atoms with Crippen LogP contribution in [-0.2, 0) is 9.53 Å². The van der Waals surface area contributed by atoms with Gasteiger partial charge in [0, 0.05) is 41.2 Å². The number of thiocarbonyl (C=S) groups is 1. The van der Waals surface area contributed by atoms with Gasteiger partial charge in [0.05, 0.1) is 24.9 Å². The van der Waals surface area contributed by atoms with Crippen molar-refractivity contribution < 1.29 is 9.53 Å². The lowest BCUT2D eigenvalue weighted by atomic mass is 10.0. The molecule has 1 aromatic carbocycles. The zero-order valence-corrected chi connectivity index (χ0v) is 19.5. The van der Waals surface area contributed by atoms with E-state index in [2.05, 4.69) is 60.1 Å². The lowest BCUT2D eigenvalue weighted by molar-refractivity contribution is -0.140. The summed E-state index contributed by atoms with van der Waals surface area (Å²) in [5, 5.41) is 4.12. The SMILES string of the molecule is COC(=O)CCCN1C(=S)NC(c2ccccn2)C1c1cccn1-c1ccc(Br)cc1. The van der Waals surface area contributed by atoms with Crippen molar-refractivity contribution in [3.05, 3.63) is 82.9 Å². The van der Waals surface area contributed by atoms with Crippen molar-refractivity contribution in [2.45, 2.75) is 24.9 Å². The van der Waals surface area contributed by atoms with Gasteiger partial charge in [0.25, 0.3) is 0 Å². The summed E-state index contributed by atoms with van der Waals surface area (Å²) >= 11 is 9.21. The van der Waals surface area contributed by atoms with Gasteiger partial charge in [-0.25, -0.2) is 0 Å². The van der Waals surface area contributed by atoms with Crippen LogP contribution in [0.5, 0.6) is 0 Å². The number of rotatable bonds is 7. The maximum Gasteiger partial charge on any atom is 0.305 e. The summed E-state index contributed by atoms with van der Waals surface area (Å²) in [5.41, 5.74) is 3.09. The second kappa shape index (κ2) is 9.62. The Bertz CT molecular complexity index is 1050. The number of hydrogen-bond acceptors (Lipinski definition) is 4. The van der Waals surface area contributed by atoms with Gasteiger partial charge in [-0.3, -0.25) is 9.78 Å². The van der Waals surface area contributed by atoms with Gasteiger partial charge in [0.1, 0.15) is 0 Å². The van der Waals surface area contributed by atoms with Crippen LogP contribution in [0.2, 0.25) is 0 Å². The third-order valence-electron chi connectivity index (χ3n) is 5.39. The van der Waals surface area contributed by atoms with Crippen molar-refractivity contribution in [2.75, 3.05) is 13.7 Å². The Balaban J connectivity index is 1.70. The summed E-state index contributed by atoms with van der Waals surface area (Å²) in [6.07, 6.45) is 4.86. The third-order valence-corrected chi connectivity index (χ3v) is 6.27. The Labute approximate surface area is 195 Å². The number of esters is 1. The third kappa shape index (κ3) is 4.65. The fourth-order valence-electron chi connectivity index (χ4n) is 3.94. The number of ether oxygens (including phenoxy) is 1. The predicted octanol–water partition coefficient (Wildman–Crippen LogP) is 4.56. The molecule has 0 saturated carbocycles.